The van der Waals surface area contributed by atoms with Crippen LogP contribution in [0.3, 0.4) is 0 Å². The third-order valence-corrected chi connectivity index (χ3v) is 3.04. The van der Waals surface area contributed by atoms with Gasteiger partial charge in [0.05, 0.1) is 6.26 Å². The second-order valence-electron chi connectivity index (χ2n) is 5.58. The summed E-state index contributed by atoms with van der Waals surface area (Å²) in [5.41, 5.74) is -0.297. The highest BCUT2D eigenvalue weighted by molar-refractivity contribution is 5.81. The summed E-state index contributed by atoms with van der Waals surface area (Å²) in [5.74, 6) is 2.24. The van der Waals surface area contributed by atoms with Crippen LogP contribution in [0.25, 0.3) is 0 Å². The van der Waals surface area contributed by atoms with Gasteiger partial charge in [-0.3, -0.25) is 4.79 Å². The number of amides is 1. The number of furan rings is 1. The van der Waals surface area contributed by atoms with E-state index >= 15 is 0 Å². The van der Waals surface area contributed by atoms with Gasteiger partial charge in [-0.1, -0.05) is 20.8 Å². The third-order valence-electron chi connectivity index (χ3n) is 3.04. The molecule has 1 amide bonds. The van der Waals surface area contributed by atoms with Crippen molar-refractivity contribution in [2.24, 2.45) is 11.3 Å². The zero-order valence-electron chi connectivity index (χ0n) is 10.1. The Morgan fingerprint density at radius 3 is 2.88 bits per heavy atom. The maximum Gasteiger partial charge on any atom is 0.225 e. The number of carbonyl (C=O) groups is 1. The van der Waals surface area contributed by atoms with E-state index in [-0.39, 0.29) is 11.3 Å². The minimum absolute atomic E-state index is 0.123. The molecule has 1 fully saturated rings. The lowest BCUT2D eigenvalue weighted by Crippen LogP contribution is -2.36. The monoisotopic (exact) mass is 221 g/mol. The smallest absolute Gasteiger partial charge is 0.225 e. The fraction of sp³-hybridized carbons (Fsp3) is 0.615. The molecule has 0 bridgehead atoms. The molecule has 88 valence electrons. The Morgan fingerprint density at radius 2 is 2.31 bits per heavy atom. The summed E-state index contributed by atoms with van der Waals surface area (Å²) in [6, 6.07) is 3.93. The summed E-state index contributed by atoms with van der Waals surface area (Å²) >= 11 is 0. The van der Waals surface area contributed by atoms with Crippen LogP contribution in [0, 0.1) is 11.3 Å². The van der Waals surface area contributed by atoms with Crippen molar-refractivity contribution < 1.29 is 9.21 Å². The van der Waals surface area contributed by atoms with Gasteiger partial charge in [0.1, 0.15) is 5.76 Å². The number of rotatable bonds is 3. The van der Waals surface area contributed by atoms with Crippen LogP contribution >= 0.6 is 0 Å². The van der Waals surface area contributed by atoms with Crippen molar-refractivity contribution in [3.05, 3.63) is 24.2 Å². The van der Waals surface area contributed by atoms with Gasteiger partial charge in [-0.2, -0.15) is 0 Å². The highest BCUT2D eigenvalue weighted by Crippen LogP contribution is 2.47. The first-order valence-corrected chi connectivity index (χ1v) is 5.80. The molecule has 16 heavy (non-hydrogen) atoms. The van der Waals surface area contributed by atoms with Crippen molar-refractivity contribution >= 4 is 5.91 Å². The van der Waals surface area contributed by atoms with E-state index in [9.17, 15) is 4.79 Å². The maximum atomic E-state index is 11.7. The predicted octanol–water partition coefficient (Wildman–Crippen LogP) is 2.55. The molecule has 1 unspecified atom stereocenters. The molecule has 3 nitrogen and oxygen atoms in total. The summed E-state index contributed by atoms with van der Waals surface area (Å²) in [6.07, 6.45) is 2.83. The predicted molar refractivity (Wildman–Crippen MR) is 62.0 cm³/mol. The van der Waals surface area contributed by atoms with Crippen LogP contribution < -0.4 is 5.32 Å². The van der Waals surface area contributed by atoms with Gasteiger partial charge in [-0.25, -0.2) is 0 Å². The van der Waals surface area contributed by atoms with Crippen LogP contribution in [-0.4, -0.2) is 12.5 Å². The van der Waals surface area contributed by atoms with Crippen LogP contribution in [0.1, 0.15) is 38.9 Å². The van der Waals surface area contributed by atoms with Crippen molar-refractivity contribution in [2.45, 2.75) is 33.1 Å². The molecule has 0 aliphatic heterocycles. The highest BCUT2D eigenvalue weighted by Gasteiger charge is 2.40. The van der Waals surface area contributed by atoms with E-state index < -0.39 is 0 Å². The van der Waals surface area contributed by atoms with Crippen molar-refractivity contribution in [1.82, 2.24) is 5.32 Å². The molecule has 0 radical (unpaired) electrons. The lowest BCUT2D eigenvalue weighted by molar-refractivity contribution is -0.128. The molecule has 3 heteroatoms. The first-order chi connectivity index (χ1) is 7.48. The number of carbonyl (C=O) groups excluding carboxylic acids is 1. The van der Waals surface area contributed by atoms with E-state index in [4.69, 9.17) is 4.42 Å². The largest absolute Gasteiger partial charge is 0.469 e. The van der Waals surface area contributed by atoms with E-state index in [0.29, 0.717) is 11.8 Å². The summed E-state index contributed by atoms with van der Waals surface area (Å²) < 4.78 is 5.35. The SMILES string of the molecule is CC(C)(C)C(=O)NCC1C[C@H]1c1ccco1. The van der Waals surface area contributed by atoms with Gasteiger partial charge in [0.25, 0.3) is 0 Å². The minimum Gasteiger partial charge on any atom is -0.469 e. The van der Waals surface area contributed by atoms with Gasteiger partial charge in [-0.05, 0) is 24.5 Å². The van der Waals surface area contributed by atoms with E-state index in [1.165, 1.54) is 0 Å². The Balaban J connectivity index is 1.76. The first kappa shape index (κ1) is 11.2. The molecule has 2 atom stereocenters. The summed E-state index contributed by atoms with van der Waals surface area (Å²) in [6.45, 7) is 6.55. The molecule has 1 aliphatic carbocycles. The fourth-order valence-electron chi connectivity index (χ4n) is 1.81. The average Bonchev–Trinajstić information content (AvgIpc) is 2.75. The normalized spacial score (nSPS) is 24.2. The summed E-state index contributed by atoms with van der Waals surface area (Å²) in [7, 11) is 0. The van der Waals surface area contributed by atoms with Crippen LogP contribution in [0.15, 0.2) is 22.8 Å². The number of hydrogen-bond donors (Lipinski definition) is 1. The Hall–Kier alpha value is -1.25. The molecule has 1 aromatic heterocycles. The first-order valence-electron chi connectivity index (χ1n) is 5.80. The van der Waals surface area contributed by atoms with Gasteiger partial charge in [0.2, 0.25) is 5.91 Å². The van der Waals surface area contributed by atoms with Crippen molar-refractivity contribution in [3.8, 4) is 0 Å². The van der Waals surface area contributed by atoms with Crippen molar-refractivity contribution in [2.75, 3.05) is 6.54 Å². The van der Waals surface area contributed by atoms with E-state index in [2.05, 4.69) is 5.32 Å². The molecule has 0 aromatic carbocycles. The van der Waals surface area contributed by atoms with Crippen LogP contribution in [-0.2, 0) is 4.79 Å². The second-order valence-corrected chi connectivity index (χ2v) is 5.58. The van der Waals surface area contributed by atoms with Crippen molar-refractivity contribution in [1.29, 1.82) is 0 Å². The van der Waals surface area contributed by atoms with E-state index in [1.54, 1.807) is 6.26 Å². The van der Waals surface area contributed by atoms with Crippen LogP contribution in [0.4, 0.5) is 0 Å². The molecule has 1 heterocycles. The van der Waals surface area contributed by atoms with Gasteiger partial charge in [0.15, 0.2) is 0 Å². The number of nitrogens with one attached hydrogen (secondary N) is 1. The zero-order valence-corrected chi connectivity index (χ0v) is 10.1. The van der Waals surface area contributed by atoms with E-state index in [1.807, 2.05) is 32.9 Å². The highest BCUT2D eigenvalue weighted by atomic mass is 16.3. The number of hydrogen-bond acceptors (Lipinski definition) is 2. The molecule has 1 N–H and O–H groups in total. The Kier molecular flexibility index (Phi) is 2.78. The van der Waals surface area contributed by atoms with Crippen LogP contribution in [0.2, 0.25) is 0 Å². The average molecular weight is 221 g/mol. The van der Waals surface area contributed by atoms with E-state index in [0.717, 1.165) is 18.7 Å². The molecule has 1 saturated carbocycles. The minimum atomic E-state index is -0.297. The molecular formula is C13H19NO2. The Bertz CT molecular complexity index is 362. The van der Waals surface area contributed by atoms with Gasteiger partial charge >= 0.3 is 0 Å². The molecule has 1 aliphatic rings. The second kappa shape index (κ2) is 3.96. The lowest BCUT2D eigenvalue weighted by Gasteiger charge is -2.17. The summed E-state index contributed by atoms with van der Waals surface area (Å²) in [5, 5.41) is 3.00. The Labute approximate surface area is 96.2 Å². The van der Waals surface area contributed by atoms with Gasteiger partial charge < -0.3 is 9.73 Å². The zero-order chi connectivity index (χ0) is 11.8. The van der Waals surface area contributed by atoms with Crippen molar-refractivity contribution in [3.63, 3.8) is 0 Å². The molecule has 2 rings (SSSR count). The van der Waals surface area contributed by atoms with Gasteiger partial charge in [0, 0.05) is 17.9 Å². The lowest BCUT2D eigenvalue weighted by atomic mass is 9.96. The molecule has 0 spiro atoms. The molecular weight excluding hydrogens is 202 g/mol. The topological polar surface area (TPSA) is 42.2 Å². The summed E-state index contributed by atoms with van der Waals surface area (Å²) in [4.78, 5) is 11.7. The third kappa shape index (κ3) is 2.46. The van der Waals surface area contributed by atoms with Crippen LogP contribution in [0.5, 0.6) is 0 Å². The standard InChI is InChI=1S/C13H19NO2/c1-13(2,3)12(15)14-8-9-7-10(9)11-5-4-6-16-11/h4-6,9-10H,7-8H2,1-3H3,(H,14,15)/t9?,10-/m1/s1. The van der Waals surface area contributed by atoms with Gasteiger partial charge in [-0.15, -0.1) is 0 Å². The molecule has 1 aromatic rings. The fourth-order valence-corrected chi connectivity index (χ4v) is 1.81. The quantitative estimate of drug-likeness (QED) is 0.852. The Morgan fingerprint density at radius 1 is 1.56 bits per heavy atom. The molecule has 0 saturated heterocycles. The maximum absolute atomic E-state index is 11.7.